The third kappa shape index (κ3) is 14.4. The average molecular weight is 305 g/mol. The topological polar surface area (TPSA) is 0 Å². The van der Waals surface area contributed by atoms with Gasteiger partial charge in [0.05, 0.1) is 0 Å². The maximum absolute atomic E-state index is 3.82. The van der Waals surface area contributed by atoms with E-state index in [0.717, 1.165) is 10.7 Å². The lowest BCUT2D eigenvalue weighted by Crippen LogP contribution is -1.99. The lowest BCUT2D eigenvalue weighted by Gasteiger charge is -2.10. The Bertz CT molecular complexity index is 142. The first-order valence-electron chi connectivity index (χ1n) is 7.80. The summed E-state index contributed by atoms with van der Waals surface area (Å²) in [5, 5.41) is 0. The summed E-state index contributed by atoms with van der Waals surface area (Å²) in [5.74, 6) is 0.869. The van der Waals surface area contributed by atoms with Gasteiger partial charge in [-0.15, -0.1) is 0 Å². The van der Waals surface area contributed by atoms with E-state index in [9.17, 15) is 0 Å². The third-order valence-electron chi connectivity index (χ3n) is 3.42. The van der Waals surface area contributed by atoms with E-state index in [-0.39, 0.29) is 0 Å². The first kappa shape index (κ1) is 17.5. The van der Waals surface area contributed by atoms with Crippen LogP contribution in [0.15, 0.2) is 0 Å². The van der Waals surface area contributed by atoms with Crippen molar-refractivity contribution in [1.29, 1.82) is 0 Å². The summed E-state index contributed by atoms with van der Waals surface area (Å²) in [6, 6.07) is 0. The highest BCUT2D eigenvalue weighted by Gasteiger charge is 2.04. The molecule has 0 rings (SSSR count). The van der Waals surface area contributed by atoms with Crippen LogP contribution < -0.4 is 0 Å². The van der Waals surface area contributed by atoms with Crippen LogP contribution in [0.1, 0.15) is 91.4 Å². The lowest BCUT2D eigenvalue weighted by molar-refractivity contribution is 0.513. The highest BCUT2D eigenvalue weighted by atomic mass is 79.9. The molecule has 0 heterocycles. The summed E-state index contributed by atoms with van der Waals surface area (Å²) in [6.45, 7) is 6.92. The van der Waals surface area contributed by atoms with Crippen LogP contribution in [0, 0.1) is 5.92 Å². The maximum atomic E-state index is 3.82. The van der Waals surface area contributed by atoms with Crippen molar-refractivity contribution in [3.63, 3.8) is 0 Å². The van der Waals surface area contributed by atoms with Gasteiger partial charge in [0.15, 0.2) is 0 Å². The molecule has 1 atom stereocenters. The Morgan fingerprint density at radius 3 is 1.82 bits per heavy atom. The van der Waals surface area contributed by atoms with Crippen molar-refractivity contribution in [1.82, 2.24) is 0 Å². The summed E-state index contributed by atoms with van der Waals surface area (Å²) in [4.78, 5) is 0.775. The van der Waals surface area contributed by atoms with Gasteiger partial charge in [-0.25, -0.2) is 0 Å². The molecule has 0 bridgehead atoms. The minimum atomic E-state index is 0.775. The van der Waals surface area contributed by atoms with E-state index < -0.39 is 0 Å². The average Bonchev–Trinajstić information content (AvgIpc) is 2.27. The molecule has 0 saturated carbocycles. The van der Waals surface area contributed by atoms with Gasteiger partial charge in [-0.1, -0.05) is 94.5 Å². The number of halogens is 1. The predicted octanol–water partition coefficient (Wildman–Crippen LogP) is 6.72. The zero-order valence-electron chi connectivity index (χ0n) is 12.3. The van der Waals surface area contributed by atoms with Crippen molar-refractivity contribution in [2.75, 3.05) is 0 Å². The van der Waals surface area contributed by atoms with Crippen LogP contribution in [0.4, 0.5) is 0 Å². The Morgan fingerprint density at radius 1 is 0.706 bits per heavy atom. The van der Waals surface area contributed by atoms with Crippen LogP contribution in [-0.4, -0.2) is 4.83 Å². The fraction of sp³-hybridized carbons (Fsp3) is 1.00. The van der Waals surface area contributed by atoms with Crippen LogP contribution in [-0.2, 0) is 0 Å². The minimum Gasteiger partial charge on any atom is -0.0891 e. The van der Waals surface area contributed by atoms with E-state index in [0.29, 0.717) is 0 Å². The van der Waals surface area contributed by atoms with Crippen LogP contribution in [0.25, 0.3) is 0 Å². The first-order valence-corrected chi connectivity index (χ1v) is 8.72. The van der Waals surface area contributed by atoms with Gasteiger partial charge in [-0.3, -0.25) is 0 Å². The molecule has 0 aliphatic carbocycles. The molecule has 0 aromatic carbocycles. The van der Waals surface area contributed by atoms with Gasteiger partial charge in [-0.05, 0) is 18.8 Å². The monoisotopic (exact) mass is 304 g/mol. The van der Waals surface area contributed by atoms with Crippen molar-refractivity contribution in [2.24, 2.45) is 5.92 Å². The maximum Gasteiger partial charge on any atom is 0.0145 e. The molecule has 0 amide bonds. The van der Waals surface area contributed by atoms with Crippen molar-refractivity contribution in [2.45, 2.75) is 96.2 Å². The molecule has 0 aliphatic heterocycles. The zero-order valence-corrected chi connectivity index (χ0v) is 13.9. The largest absolute Gasteiger partial charge is 0.0891 e. The molecular weight excluding hydrogens is 272 g/mol. The molecule has 1 heteroatoms. The van der Waals surface area contributed by atoms with E-state index in [1.54, 1.807) is 0 Å². The van der Waals surface area contributed by atoms with Gasteiger partial charge in [0.25, 0.3) is 0 Å². The van der Waals surface area contributed by atoms with Gasteiger partial charge in [0.2, 0.25) is 0 Å². The van der Waals surface area contributed by atoms with E-state index in [4.69, 9.17) is 0 Å². The van der Waals surface area contributed by atoms with Crippen LogP contribution in [0.5, 0.6) is 0 Å². The minimum absolute atomic E-state index is 0.775. The molecule has 0 radical (unpaired) electrons. The molecule has 0 N–H and O–H groups in total. The SMILES string of the molecule is CCCCCCCCCC(Br)CCCC(C)C. The summed E-state index contributed by atoms with van der Waals surface area (Å²) >= 11 is 3.82. The second kappa shape index (κ2) is 12.9. The number of unbranched alkanes of at least 4 members (excludes halogenated alkanes) is 6. The van der Waals surface area contributed by atoms with Crippen molar-refractivity contribution in [3.8, 4) is 0 Å². The molecular formula is C16H33Br. The second-order valence-electron chi connectivity index (χ2n) is 5.83. The number of rotatable bonds is 12. The van der Waals surface area contributed by atoms with Crippen LogP contribution >= 0.6 is 15.9 Å². The van der Waals surface area contributed by atoms with Gasteiger partial charge in [0.1, 0.15) is 0 Å². The number of hydrogen-bond acceptors (Lipinski definition) is 0. The molecule has 104 valence electrons. The first-order chi connectivity index (χ1) is 8.16. The molecule has 0 aromatic rings. The molecule has 1 unspecified atom stereocenters. The molecule has 0 spiro atoms. The molecule has 0 fully saturated rings. The van der Waals surface area contributed by atoms with Gasteiger partial charge < -0.3 is 0 Å². The Hall–Kier alpha value is 0.480. The van der Waals surface area contributed by atoms with Crippen molar-refractivity contribution < 1.29 is 0 Å². The Labute approximate surface area is 118 Å². The fourth-order valence-corrected chi connectivity index (χ4v) is 2.86. The standard InChI is InChI=1S/C16H33Br/c1-4-5-6-7-8-9-10-13-16(17)14-11-12-15(2)3/h15-16H,4-14H2,1-3H3. The number of hydrogen-bond donors (Lipinski definition) is 0. The summed E-state index contributed by atoms with van der Waals surface area (Å²) in [7, 11) is 0. The lowest BCUT2D eigenvalue weighted by atomic mass is 10.0. The van der Waals surface area contributed by atoms with Crippen LogP contribution in [0.2, 0.25) is 0 Å². The molecule has 0 aromatic heterocycles. The molecule has 17 heavy (non-hydrogen) atoms. The fourth-order valence-electron chi connectivity index (χ4n) is 2.21. The number of alkyl halides is 1. The summed E-state index contributed by atoms with van der Waals surface area (Å²) in [5.41, 5.74) is 0. The van der Waals surface area contributed by atoms with Gasteiger partial charge in [-0.2, -0.15) is 0 Å². The quantitative estimate of drug-likeness (QED) is 0.277. The van der Waals surface area contributed by atoms with E-state index in [2.05, 4.69) is 36.7 Å². The third-order valence-corrected chi connectivity index (χ3v) is 4.34. The predicted molar refractivity (Wildman–Crippen MR) is 84.0 cm³/mol. The molecule has 0 nitrogen and oxygen atoms in total. The smallest absolute Gasteiger partial charge is 0.0145 e. The van der Waals surface area contributed by atoms with E-state index >= 15 is 0 Å². The van der Waals surface area contributed by atoms with Gasteiger partial charge >= 0.3 is 0 Å². The van der Waals surface area contributed by atoms with Gasteiger partial charge in [0, 0.05) is 4.83 Å². The summed E-state index contributed by atoms with van der Waals surface area (Å²) in [6.07, 6.45) is 15.5. The highest BCUT2D eigenvalue weighted by molar-refractivity contribution is 9.09. The van der Waals surface area contributed by atoms with Crippen molar-refractivity contribution in [3.05, 3.63) is 0 Å². The zero-order chi connectivity index (χ0) is 12.9. The summed E-state index contributed by atoms with van der Waals surface area (Å²) < 4.78 is 0. The molecule has 0 saturated heterocycles. The van der Waals surface area contributed by atoms with E-state index in [1.165, 1.54) is 70.6 Å². The van der Waals surface area contributed by atoms with E-state index in [1.807, 2.05) is 0 Å². The van der Waals surface area contributed by atoms with Crippen molar-refractivity contribution >= 4 is 15.9 Å². The van der Waals surface area contributed by atoms with Crippen LogP contribution in [0.3, 0.4) is 0 Å². The Balaban J connectivity index is 3.13. The second-order valence-corrected chi connectivity index (χ2v) is 7.13. The molecule has 0 aliphatic rings. The normalized spacial score (nSPS) is 13.2. The highest BCUT2D eigenvalue weighted by Crippen LogP contribution is 2.19. The Kier molecular flexibility index (Phi) is 13.3. The Morgan fingerprint density at radius 2 is 1.24 bits per heavy atom.